The van der Waals surface area contributed by atoms with Gasteiger partial charge in [-0.05, 0) is 24.3 Å². The standard InChI is InChI=1S/C19H20N2O/c1-20(17-9-5-3-6-10-17)15-13-19(22)14-16-21(2)18-11-7-4-8-12-18/h3-16H,1-2H3/b15-13+,16-14+. The van der Waals surface area contributed by atoms with Crippen LogP contribution in [-0.2, 0) is 4.79 Å². The van der Waals surface area contributed by atoms with E-state index in [1.165, 1.54) is 0 Å². The fourth-order valence-electron chi connectivity index (χ4n) is 1.92. The molecule has 0 fully saturated rings. The summed E-state index contributed by atoms with van der Waals surface area (Å²) in [6.45, 7) is 0. The minimum atomic E-state index is -0.0504. The Hall–Kier alpha value is -2.81. The molecule has 0 aromatic heterocycles. The number of para-hydroxylation sites is 2. The van der Waals surface area contributed by atoms with Crippen LogP contribution in [0.2, 0.25) is 0 Å². The third-order valence-electron chi connectivity index (χ3n) is 3.25. The van der Waals surface area contributed by atoms with E-state index in [0.717, 1.165) is 11.4 Å². The average Bonchev–Trinajstić information content (AvgIpc) is 2.59. The van der Waals surface area contributed by atoms with Crippen LogP contribution in [0.4, 0.5) is 11.4 Å². The van der Waals surface area contributed by atoms with Crippen LogP contribution in [-0.4, -0.2) is 19.9 Å². The van der Waals surface area contributed by atoms with E-state index < -0.39 is 0 Å². The summed E-state index contributed by atoms with van der Waals surface area (Å²) >= 11 is 0. The van der Waals surface area contributed by atoms with E-state index >= 15 is 0 Å². The molecule has 2 aromatic rings. The van der Waals surface area contributed by atoms with Crippen LogP contribution in [0.1, 0.15) is 0 Å². The maximum Gasteiger partial charge on any atom is 0.181 e. The molecule has 0 aliphatic heterocycles. The van der Waals surface area contributed by atoms with Gasteiger partial charge < -0.3 is 9.80 Å². The van der Waals surface area contributed by atoms with Gasteiger partial charge in [0.05, 0.1) is 0 Å². The first-order valence-corrected chi connectivity index (χ1v) is 7.13. The molecule has 2 aromatic carbocycles. The summed E-state index contributed by atoms with van der Waals surface area (Å²) in [5.74, 6) is -0.0504. The van der Waals surface area contributed by atoms with Crippen LogP contribution >= 0.6 is 0 Å². The molecule has 0 N–H and O–H groups in total. The summed E-state index contributed by atoms with van der Waals surface area (Å²) < 4.78 is 0. The van der Waals surface area contributed by atoms with Gasteiger partial charge in [0.1, 0.15) is 0 Å². The molecule has 0 saturated carbocycles. The molecule has 3 nitrogen and oxygen atoms in total. The molecule has 2 rings (SSSR count). The summed E-state index contributed by atoms with van der Waals surface area (Å²) in [6.07, 6.45) is 6.65. The molecule has 0 amide bonds. The number of ketones is 1. The Morgan fingerprint density at radius 1 is 0.727 bits per heavy atom. The molecule has 0 saturated heterocycles. The second-order valence-electron chi connectivity index (χ2n) is 4.93. The fraction of sp³-hybridized carbons (Fsp3) is 0.105. The molecular formula is C19H20N2O. The number of benzene rings is 2. The topological polar surface area (TPSA) is 23.6 Å². The molecule has 0 aliphatic carbocycles. The molecule has 0 radical (unpaired) electrons. The Bertz CT molecular complexity index is 590. The largest absolute Gasteiger partial charge is 0.351 e. The van der Waals surface area contributed by atoms with Crippen LogP contribution in [0.25, 0.3) is 0 Å². The number of carbonyl (C=O) groups excluding carboxylic acids is 1. The first-order chi connectivity index (χ1) is 10.7. The number of hydrogen-bond acceptors (Lipinski definition) is 3. The van der Waals surface area contributed by atoms with Gasteiger partial charge in [0.2, 0.25) is 0 Å². The van der Waals surface area contributed by atoms with Gasteiger partial charge in [-0.15, -0.1) is 0 Å². The van der Waals surface area contributed by atoms with Gasteiger partial charge in [0, 0.05) is 50.0 Å². The molecule has 0 spiro atoms. The normalized spacial score (nSPS) is 11.0. The third kappa shape index (κ3) is 4.63. The van der Waals surface area contributed by atoms with E-state index in [1.807, 2.05) is 84.6 Å². The summed E-state index contributed by atoms with van der Waals surface area (Å²) in [7, 11) is 3.83. The molecule has 0 bridgehead atoms. The van der Waals surface area contributed by atoms with Crippen LogP contribution in [0.3, 0.4) is 0 Å². The molecule has 0 atom stereocenters. The van der Waals surface area contributed by atoms with Gasteiger partial charge in [-0.3, -0.25) is 4.79 Å². The van der Waals surface area contributed by atoms with E-state index in [9.17, 15) is 4.79 Å². The molecular weight excluding hydrogens is 272 g/mol. The highest BCUT2D eigenvalue weighted by Gasteiger charge is 1.97. The molecule has 0 aliphatic rings. The summed E-state index contributed by atoms with van der Waals surface area (Å²) in [6, 6.07) is 19.8. The van der Waals surface area contributed by atoms with Gasteiger partial charge >= 0.3 is 0 Å². The summed E-state index contributed by atoms with van der Waals surface area (Å²) in [5.41, 5.74) is 2.08. The van der Waals surface area contributed by atoms with E-state index in [-0.39, 0.29) is 5.78 Å². The predicted octanol–water partition coefficient (Wildman–Crippen LogP) is 3.86. The number of rotatable bonds is 6. The van der Waals surface area contributed by atoms with Crippen molar-refractivity contribution in [1.82, 2.24) is 0 Å². The monoisotopic (exact) mass is 292 g/mol. The van der Waals surface area contributed by atoms with Gasteiger partial charge in [-0.2, -0.15) is 0 Å². The Morgan fingerprint density at radius 2 is 1.09 bits per heavy atom. The second kappa shape index (κ2) is 7.84. The van der Waals surface area contributed by atoms with Gasteiger partial charge in [-0.1, -0.05) is 36.4 Å². The van der Waals surface area contributed by atoms with Gasteiger partial charge in [0.15, 0.2) is 5.78 Å². The fourth-order valence-corrected chi connectivity index (χ4v) is 1.92. The third-order valence-corrected chi connectivity index (χ3v) is 3.25. The first-order valence-electron chi connectivity index (χ1n) is 7.13. The van der Waals surface area contributed by atoms with Crippen molar-refractivity contribution in [2.75, 3.05) is 23.9 Å². The van der Waals surface area contributed by atoms with E-state index in [1.54, 1.807) is 24.6 Å². The number of hydrogen-bond donors (Lipinski definition) is 0. The predicted molar refractivity (Wildman–Crippen MR) is 93.0 cm³/mol. The van der Waals surface area contributed by atoms with Gasteiger partial charge in [0.25, 0.3) is 0 Å². The maximum absolute atomic E-state index is 11.9. The minimum absolute atomic E-state index is 0.0504. The lowest BCUT2D eigenvalue weighted by Gasteiger charge is -2.13. The van der Waals surface area contributed by atoms with E-state index in [2.05, 4.69) is 0 Å². The zero-order valence-corrected chi connectivity index (χ0v) is 12.9. The van der Waals surface area contributed by atoms with Crippen molar-refractivity contribution >= 4 is 17.2 Å². The SMILES string of the molecule is CN(/C=C/C(=O)/C=C/N(C)c1ccccc1)c1ccccc1. The van der Waals surface area contributed by atoms with Crippen molar-refractivity contribution < 1.29 is 4.79 Å². The maximum atomic E-state index is 11.9. The van der Waals surface area contributed by atoms with Crippen molar-refractivity contribution in [1.29, 1.82) is 0 Å². The molecule has 112 valence electrons. The highest BCUT2D eigenvalue weighted by Crippen LogP contribution is 2.12. The summed E-state index contributed by atoms with van der Waals surface area (Å²) in [5, 5.41) is 0. The second-order valence-corrected chi connectivity index (χ2v) is 4.93. The average molecular weight is 292 g/mol. The van der Waals surface area contributed by atoms with Gasteiger partial charge in [-0.25, -0.2) is 0 Å². The zero-order chi connectivity index (χ0) is 15.8. The molecule has 0 heterocycles. The lowest BCUT2D eigenvalue weighted by atomic mass is 10.3. The molecule has 3 heteroatoms. The lowest BCUT2D eigenvalue weighted by Crippen LogP contribution is -2.09. The number of anilines is 2. The number of nitrogens with zero attached hydrogens (tertiary/aromatic N) is 2. The van der Waals surface area contributed by atoms with Crippen LogP contribution in [0, 0.1) is 0 Å². The van der Waals surface area contributed by atoms with Crippen molar-refractivity contribution in [3.05, 3.63) is 85.2 Å². The van der Waals surface area contributed by atoms with E-state index in [0.29, 0.717) is 0 Å². The van der Waals surface area contributed by atoms with Crippen LogP contribution in [0.15, 0.2) is 85.2 Å². The number of carbonyl (C=O) groups is 1. The van der Waals surface area contributed by atoms with Crippen molar-refractivity contribution in [3.8, 4) is 0 Å². The van der Waals surface area contributed by atoms with E-state index in [4.69, 9.17) is 0 Å². The summed E-state index contributed by atoms with van der Waals surface area (Å²) in [4.78, 5) is 15.7. The van der Waals surface area contributed by atoms with Crippen molar-refractivity contribution in [2.24, 2.45) is 0 Å². The Morgan fingerprint density at radius 3 is 1.45 bits per heavy atom. The zero-order valence-electron chi connectivity index (χ0n) is 12.9. The lowest BCUT2D eigenvalue weighted by molar-refractivity contribution is -0.110. The Labute approximate surface area is 131 Å². The van der Waals surface area contributed by atoms with Crippen LogP contribution < -0.4 is 9.80 Å². The first kappa shape index (κ1) is 15.6. The minimum Gasteiger partial charge on any atom is -0.351 e. The molecule has 0 unspecified atom stereocenters. The smallest absolute Gasteiger partial charge is 0.181 e. The number of allylic oxidation sites excluding steroid dienone is 2. The highest BCUT2D eigenvalue weighted by atomic mass is 16.1. The highest BCUT2D eigenvalue weighted by molar-refractivity contribution is 5.99. The Kier molecular flexibility index (Phi) is 5.55. The van der Waals surface area contributed by atoms with Crippen LogP contribution in [0.5, 0.6) is 0 Å². The molecule has 22 heavy (non-hydrogen) atoms. The Balaban J connectivity index is 1.92. The van der Waals surface area contributed by atoms with Crippen molar-refractivity contribution in [3.63, 3.8) is 0 Å². The van der Waals surface area contributed by atoms with Crippen molar-refractivity contribution in [2.45, 2.75) is 0 Å². The quantitative estimate of drug-likeness (QED) is 0.755.